The third-order valence-corrected chi connectivity index (χ3v) is 4.71. The standard InChI is InChI=1S/C26H24O7/c27-17-22(32-25(29)20-12-6-2-7-13-20)16-23(33-26(30)21-14-8-3-9-15-21)18-31-24(28)19-10-4-1-5-11-19/h1-15,22-23,27H,16-18H2/t22-,23+/m0/s1. The number of carbonyl (C=O) groups is 3. The number of hydrogen-bond acceptors (Lipinski definition) is 7. The molecule has 0 saturated heterocycles. The SMILES string of the molecule is O=C(OC[C@@H](C[C@@H](CO)OC(=O)c1ccccc1)OC(=O)c1ccccc1)c1ccccc1. The van der Waals surface area contributed by atoms with Crippen molar-refractivity contribution in [2.45, 2.75) is 18.6 Å². The van der Waals surface area contributed by atoms with E-state index in [1.807, 2.05) is 0 Å². The van der Waals surface area contributed by atoms with Crippen molar-refractivity contribution in [1.29, 1.82) is 0 Å². The van der Waals surface area contributed by atoms with Crippen molar-refractivity contribution in [1.82, 2.24) is 0 Å². The molecule has 7 heteroatoms. The highest BCUT2D eigenvalue weighted by atomic mass is 16.6. The van der Waals surface area contributed by atoms with Crippen LogP contribution in [0.4, 0.5) is 0 Å². The van der Waals surface area contributed by atoms with Crippen LogP contribution in [0.2, 0.25) is 0 Å². The van der Waals surface area contributed by atoms with E-state index in [0.717, 1.165) is 0 Å². The van der Waals surface area contributed by atoms with Gasteiger partial charge in [0.05, 0.1) is 23.3 Å². The van der Waals surface area contributed by atoms with Crippen LogP contribution in [0.1, 0.15) is 37.5 Å². The van der Waals surface area contributed by atoms with Gasteiger partial charge < -0.3 is 19.3 Å². The lowest BCUT2D eigenvalue weighted by molar-refractivity contribution is -0.0323. The number of hydrogen-bond donors (Lipinski definition) is 1. The van der Waals surface area contributed by atoms with Gasteiger partial charge in [-0.25, -0.2) is 14.4 Å². The van der Waals surface area contributed by atoms with Gasteiger partial charge in [-0.15, -0.1) is 0 Å². The molecule has 0 aliphatic heterocycles. The Morgan fingerprint density at radius 3 is 1.42 bits per heavy atom. The Bertz CT molecular complexity index is 1040. The second-order valence-electron chi connectivity index (χ2n) is 7.17. The number of ether oxygens (including phenoxy) is 3. The van der Waals surface area contributed by atoms with E-state index in [1.54, 1.807) is 91.0 Å². The number of benzene rings is 3. The summed E-state index contributed by atoms with van der Waals surface area (Å²) in [6.45, 7) is -0.768. The number of carbonyl (C=O) groups excluding carboxylic acids is 3. The fraction of sp³-hybridized carbons (Fsp3) is 0.192. The minimum absolute atomic E-state index is 0.0598. The summed E-state index contributed by atoms with van der Waals surface area (Å²) >= 11 is 0. The van der Waals surface area contributed by atoms with Gasteiger partial charge in [0.15, 0.2) is 0 Å². The van der Waals surface area contributed by atoms with Gasteiger partial charge in [-0.1, -0.05) is 54.6 Å². The number of rotatable bonds is 10. The van der Waals surface area contributed by atoms with E-state index in [1.165, 1.54) is 0 Å². The molecule has 0 bridgehead atoms. The summed E-state index contributed by atoms with van der Waals surface area (Å²) in [5, 5.41) is 9.75. The number of esters is 3. The zero-order chi connectivity index (χ0) is 23.5. The Morgan fingerprint density at radius 1 is 0.606 bits per heavy atom. The third kappa shape index (κ3) is 7.29. The van der Waals surface area contributed by atoms with Crippen molar-refractivity contribution in [3.05, 3.63) is 108 Å². The minimum Gasteiger partial charge on any atom is -0.458 e. The summed E-state index contributed by atoms with van der Waals surface area (Å²) in [6.07, 6.45) is -1.98. The van der Waals surface area contributed by atoms with E-state index < -0.39 is 36.7 Å². The average molecular weight is 448 g/mol. The van der Waals surface area contributed by atoms with E-state index >= 15 is 0 Å². The molecule has 0 aromatic heterocycles. The van der Waals surface area contributed by atoms with E-state index in [-0.39, 0.29) is 13.0 Å². The maximum atomic E-state index is 12.6. The van der Waals surface area contributed by atoms with Crippen molar-refractivity contribution in [3.63, 3.8) is 0 Å². The first-order valence-corrected chi connectivity index (χ1v) is 10.4. The van der Waals surface area contributed by atoms with Crippen LogP contribution in [0.3, 0.4) is 0 Å². The summed E-state index contributed by atoms with van der Waals surface area (Å²) in [4.78, 5) is 37.2. The normalized spacial score (nSPS) is 12.3. The summed E-state index contributed by atoms with van der Waals surface area (Å²) in [5.74, 6) is -1.83. The van der Waals surface area contributed by atoms with Gasteiger partial charge in [0.1, 0.15) is 18.8 Å². The summed E-state index contributed by atoms with van der Waals surface area (Å²) in [7, 11) is 0. The van der Waals surface area contributed by atoms with Crippen LogP contribution < -0.4 is 0 Å². The van der Waals surface area contributed by atoms with Gasteiger partial charge in [0.2, 0.25) is 0 Å². The van der Waals surface area contributed by atoms with E-state index in [2.05, 4.69) is 0 Å². The van der Waals surface area contributed by atoms with Crippen LogP contribution in [0.15, 0.2) is 91.0 Å². The van der Waals surface area contributed by atoms with Crippen LogP contribution in [0, 0.1) is 0 Å². The van der Waals surface area contributed by atoms with E-state index in [9.17, 15) is 19.5 Å². The molecule has 0 unspecified atom stereocenters. The lowest BCUT2D eigenvalue weighted by atomic mass is 10.1. The molecule has 33 heavy (non-hydrogen) atoms. The number of aliphatic hydroxyl groups is 1. The molecule has 0 aliphatic carbocycles. The van der Waals surface area contributed by atoms with Gasteiger partial charge in [0, 0.05) is 6.42 Å². The molecular weight excluding hydrogens is 424 g/mol. The van der Waals surface area contributed by atoms with Gasteiger partial charge in [-0.05, 0) is 36.4 Å². The lowest BCUT2D eigenvalue weighted by Crippen LogP contribution is -2.33. The first-order valence-electron chi connectivity index (χ1n) is 10.4. The molecule has 3 rings (SSSR count). The quantitative estimate of drug-likeness (QED) is 0.373. The van der Waals surface area contributed by atoms with Crippen molar-refractivity contribution >= 4 is 17.9 Å². The predicted molar refractivity (Wildman–Crippen MR) is 120 cm³/mol. The molecule has 0 spiro atoms. The molecule has 0 radical (unpaired) electrons. The Labute approximate surface area is 191 Å². The largest absolute Gasteiger partial charge is 0.458 e. The maximum Gasteiger partial charge on any atom is 0.338 e. The Balaban J connectivity index is 1.68. The average Bonchev–Trinajstić information content (AvgIpc) is 2.88. The summed E-state index contributed by atoms with van der Waals surface area (Å²) < 4.78 is 16.2. The first-order chi connectivity index (χ1) is 16.1. The zero-order valence-corrected chi connectivity index (χ0v) is 17.8. The lowest BCUT2D eigenvalue weighted by Gasteiger charge is -2.23. The summed E-state index contributed by atoms with van der Waals surface area (Å²) in [6, 6.07) is 25.0. The van der Waals surface area contributed by atoms with Crippen molar-refractivity contribution in [3.8, 4) is 0 Å². The molecule has 0 amide bonds. The monoisotopic (exact) mass is 448 g/mol. The molecule has 0 fully saturated rings. The van der Waals surface area contributed by atoms with Gasteiger partial charge in [0.25, 0.3) is 0 Å². The predicted octanol–water partition coefficient (Wildman–Crippen LogP) is 3.68. The first kappa shape index (κ1) is 23.7. The van der Waals surface area contributed by atoms with Crippen LogP contribution in [-0.4, -0.2) is 48.4 Å². The minimum atomic E-state index is -0.971. The highest BCUT2D eigenvalue weighted by molar-refractivity contribution is 5.90. The molecule has 3 aromatic carbocycles. The second-order valence-corrected chi connectivity index (χ2v) is 7.17. The van der Waals surface area contributed by atoms with Crippen LogP contribution >= 0.6 is 0 Å². The van der Waals surface area contributed by atoms with Crippen LogP contribution in [0.5, 0.6) is 0 Å². The zero-order valence-electron chi connectivity index (χ0n) is 17.8. The van der Waals surface area contributed by atoms with Crippen LogP contribution in [0.25, 0.3) is 0 Å². The molecule has 3 aromatic rings. The maximum absolute atomic E-state index is 12.6. The van der Waals surface area contributed by atoms with Gasteiger partial charge >= 0.3 is 17.9 Å². The fourth-order valence-electron chi connectivity index (χ4n) is 3.02. The third-order valence-electron chi connectivity index (χ3n) is 4.71. The topological polar surface area (TPSA) is 99.1 Å². The highest BCUT2D eigenvalue weighted by Crippen LogP contribution is 2.14. The molecule has 170 valence electrons. The van der Waals surface area contributed by atoms with Crippen LogP contribution in [-0.2, 0) is 14.2 Å². The molecule has 0 saturated carbocycles. The van der Waals surface area contributed by atoms with E-state index in [4.69, 9.17) is 14.2 Å². The smallest absolute Gasteiger partial charge is 0.338 e. The molecule has 2 atom stereocenters. The Morgan fingerprint density at radius 2 is 1.00 bits per heavy atom. The second kappa shape index (κ2) is 12.2. The molecular formula is C26H24O7. The Kier molecular flexibility index (Phi) is 8.73. The van der Waals surface area contributed by atoms with Crippen molar-refractivity contribution < 1.29 is 33.7 Å². The molecule has 1 N–H and O–H groups in total. The molecule has 0 aliphatic rings. The highest BCUT2D eigenvalue weighted by Gasteiger charge is 2.25. The summed E-state index contributed by atoms with van der Waals surface area (Å²) in [5.41, 5.74) is 0.989. The fourth-order valence-corrected chi connectivity index (χ4v) is 3.02. The van der Waals surface area contributed by atoms with Crippen molar-refractivity contribution in [2.75, 3.05) is 13.2 Å². The van der Waals surface area contributed by atoms with Gasteiger partial charge in [-0.2, -0.15) is 0 Å². The molecule has 0 heterocycles. The number of aliphatic hydroxyl groups excluding tert-OH is 1. The van der Waals surface area contributed by atoms with Gasteiger partial charge in [-0.3, -0.25) is 0 Å². The molecule has 7 nitrogen and oxygen atoms in total. The van der Waals surface area contributed by atoms with Crippen molar-refractivity contribution in [2.24, 2.45) is 0 Å². The Hall–Kier alpha value is -3.97. The van der Waals surface area contributed by atoms with E-state index in [0.29, 0.717) is 16.7 Å².